The molecule has 3 amide bonds. The van der Waals surface area contributed by atoms with E-state index in [0.29, 0.717) is 37.2 Å². The zero-order chi connectivity index (χ0) is 29.8. The van der Waals surface area contributed by atoms with Crippen LogP contribution in [0.4, 0.5) is 10.1 Å². The van der Waals surface area contributed by atoms with Gasteiger partial charge in [-0.3, -0.25) is 24.4 Å². The molecule has 0 bridgehead atoms. The van der Waals surface area contributed by atoms with Gasteiger partial charge in [0.1, 0.15) is 23.3 Å². The quantitative estimate of drug-likeness (QED) is 0.213. The van der Waals surface area contributed by atoms with Gasteiger partial charge in [-0.15, -0.1) is 0 Å². The van der Waals surface area contributed by atoms with Crippen molar-refractivity contribution in [1.82, 2.24) is 15.6 Å². The summed E-state index contributed by atoms with van der Waals surface area (Å²) in [4.78, 5) is 42.3. The van der Waals surface area contributed by atoms with Crippen molar-refractivity contribution >= 4 is 35.3 Å². The number of nitrogens with zero attached hydrogens (tertiary/aromatic N) is 3. The van der Waals surface area contributed by atoms with E-state index in [-0.39, 0.29) is 30.5 Å². The Morgan fingerprint density at radius 3 is 2.80 bits per heavy atom. The molecular formula is C30H37FN6O4. The van der Waals surface area contributed by atoms with Crippen molar-refractivity contribution in [3.05, 3.63) is 71.1 Å². The maximum absolute atomic E-state index is 13.8. The van der Waals surface area contributed by atoms with Crippen LogP contribution in [0.15, 0.2) is 75.6 Å². The van der Waals surface area contributed by atoms with Crippen molar-refractivity contribution in [3.8, 4) is 5.75 Å². The zero-order valence-electron chi connectivity index (χ0n) is 23.9. The van der Waals surface area contributed by atoms with Gasteiger partial charge < -0.3 is 20.7 Å². The average molecular weight is 565 g/mol. The van der Waals surface area contributed by atoms with Gasteiger partial charge in [-0.25, -0.2) is 4.39 Å². The fourth-order valence-corrected chi connectivity index (χ4v) is 4.24. The smallest absolute Gasteiger partial charge is 0.270 e. The van der Waals surface area contributed by atoms with Crippen LogP contribution in [-0.2, 0) is 20.9 Å². The second-order valence-corrected chi connectivity index (χ2v) is 9.45. The van der Waals surface area contributed by atoms with E-state index in [4.69, 9.17) is 4.74 Å². The molecular weight excluding hydrogens is 527 g/mol. The highest BCUT2D eigenvalue weighted by Gasteiger charge is 2.20. The zero-order valence-corrected chi connectivity index (χ0v) is 23.9. The van der Waals surface area contributed by atoms with E-state index in [1.807, 2.05) is 13.0 Å². The number of carbonyl (C=O) groups is 3. The van der Waals surface area contributed by atoms with E-state index in [1.165, 1.54) is 23.5 Å². The molecule has 1 aromatic carbocycles. The van der Waals surface area contributed by atoms with Crippen LogP contribution in [0.2, 0.25) is 0 Å². The van der Waals surface area contributed by atoms with E-state index in [2.05, 4.69) is 26.0 Å². The molecule has 0 spiro atoms. The Hall–Kier alpha value is -4.54. The van der Waals surface area contributed by atoms with Crippen LogP contribution in [0.5, 0.6) is 5.75 Å². The molecule has 218 valence electrons. The molecule has 10 nitrogen and oxygen atoms in total. The van der Waals surface area contributed by atoms with Crippen LogP contribution in [-0.4, -0.2) is 61.0 Å². The normalized spacial score (nSPS) is 17.7. The first-order valence-electron chi connectivity index (χ1n) is 13.5. The average Bonchev–Trinajstić information content (AvgIpc) is 3.10. The summed E-state index contributed by atoms with van der Waals surface area (Å²) in [7, 11) is 1.60. The van der Waals surface area contributed by atoms with Gasteiger partial charge in [-0.05, 0) is 75.0 Å². The standard InChI is InChI=1S/C30H37FN6O4/c1-5-13-32-25(29(39)34-18-21-10-11-27-24(16-21)36-28(38)19-41-27)17-26(37(4)35-6-2)30(40)33-14-12-22-8-7-9-23(31)15-20(22)3/h5-6,8,10-11,13,15-17,23H,7,9,12,14,18-19H2,1-4H3,(H,33,40)(H,34,39)(H,36,38)/b13-5+,26-17-,32-25-,35-6-. The third-order valence-corrected chi connectivity index (χ3v) is 6.32. The molecule has 1 heterocycles. The second kappa shape index (κ2) is 15.3. The number of nitrogens with one attached hydrogen (secondary N) is 3. The number of likely N-dealkylation sites (N-methyl/N-ethyl adjacent to an activating group) is 1. The van der Waals surface area contributed by atoms with Crippen molar-refractivity contribution < 1.29 is 23.5 Å². The Morgan fingerprint density at radius 1 is 1.24 bits per heavy atom. The Labute approximate surface area is 239 Å². The number of rotatable bonds is 11. The molecule has 1 aromatic rings. The van der Waals surface area contributed by atoms with E-state index >= 15 is 0 Å². The Kier molecular flexibility index (Phi) is 11.6. The summed E-state index contributed by atoms with van der Waals surface area (Å²) >= 11 is 0. The number of aliphatic imine (C=N–C) groups is 1. The van der Waals surface area contributed by atoms with Crippen molar-refractivity contribution in [2.75, 3.05) is 25.5 Å². The van der Waals surface area contributed by atoms with Gasteiger partial charge >= 0.3 is 0 Å². The predicted octanol–water partition coefficient (Wildman–Crippen LogP) is 3.94. The fraction of sp³-hybridized carbons (Fsp3) is 0.367. The fourth-order valence-electron chi connectivity index (χ4n) is 4.24. The minimum atomic E-state index is -0.961. The lowest BCUT2D eigenvalue weighted by molar-refractivity contribution is -0.119. The number of allylic oxidation sites excluding steroid dienone is 4. The van der Waals surface area contributed by atoms with Crippen LogP contribution in [0.25, 0.3) is 0 Å². The van der Waals surface area contributed by atoms with Crippen molar-refractivity contribution in [3.63, 3.8) is 0 Å². The van der Waals surface area contributed by atoms with E-state index in [1.54, 1.807) is 51.2 Å². The molecule has 1 unspecified atom stereocenters. The molecule has 1 aliphatic heterocycles. The van der Waals surface area contributed by atoms with Crippen molar-refractivity contribution in [1.29, 1.82) is 0 Å². The Morgan fingerprint density at radius 2 is 2.05 bits per heavy atom. The largest absolute Gasteiger partial charge is 0.482 e. The number of halogens is 1. The van der Waals surface area contributed by atoms with Crippen LogP contribution < -0.4 is 20.7 Å². The molecule has 1 atom stereocenters. The Bertz CT molecular complexity index is 1330. The first-order valence-corrected chi connectivity index (χ1v) is 13.5. The third-order valence-electron chi connectivity index (χ3n) is 6.32. The van der Waals surface area contributed by atoms with Gasteiger partial charge in [0.15, 0.2) is 6.61 Å². The van der Waals surface area contributed by atoms with Crippen LogP contribution in [0.3, 0.4) is 0 Å². The van der Waals surface area contributed by atoms with Gasteiger partial charge in [0, 0.05) is 38.6 Å². The number of anilines is 1. The highest BCUT2D eigenvalue weighted by molar-refractivity contribution is 6.44. The molecule has 41 heavy (non-hydrogen) atoms. The lowest BCUT2D eigenvalue weighted by Gasteiger charge is -2.19. The molecule has 0 fully saturated rings. The van der Waals surface area contributed by atoms with Crippen molar-refractivity contribution in [2.45, 2.75) is 52.8 Å². The minimum Gasteiger partial charge on any atom is -0.482 e. The molecule has 2 aliphatic rings. The number of ether oxygens (including phenoxy) is 1. The number of hydrogen-bond acceptors (Lipinski definition) is 7. The summed E-state index contributed by atoms with van der Waals surface area (Å²) in [5, 5.41) is 14.0. The molecule has 0 radical (unpaired) electrons. The maximum Gasteiger partial charge on any atom is 0.270 e. The highest BCUT2D eigenvalue weighted by Crippen LogP contribution is 2.28. The van der Waals surface area contributed by atoms with Gasteiger partial charge in [0.25, 0.3) is 17.7 Å². The third kappa shape index (κ3) is 9.26. The predicted molar refractivity (Wildman–Crippen MR) is 158 cm³/mol. The molecule has 3 N–H and O–H groups in total. The number of benzene rings is 1. The summed E-state index contributed by atoms with van der Waals surface area (Å²) < 4.78 is 19.2. The van der Waals surface area contributed by atoms with Gasteiger partial charge in [-0.2, -0.15) is 5.10 Å². The molecule has 3 rings (SSSR count). The van der Waals surface area contributed by atoms with E-state index < -0.39 is 18.0 Å². The molecule has 1 aliphatic carbocycles. The minimum absolute atomic E-state index is 0.000223. The summed E-state index contributed by atoms with van der Waals surface area (Å²) in [6, 6.07) is 5.23. The summed E-state index contributed by atoms with van der Waals surface area (Å²) in [6.45, 7) is 5.78. The number of fused-ring (bicyclic) bond motifs is 1. The summed E-state index contributed by atoms with van der Waals surface area (Å²) in [6.07, 6.45) is 10.3. The number of hydrazone groups is 1. The van der Waals surface area contributed by atoms with E-state index in [0.717, 1.165) is 16.7 Å². The number of alkyl halides is 1. The lowest BCUT2D eigenvalue weighted by Crippen LogP contribution is -2.35. The van der Waals surface area contributed by atoms with E-state index in [9.17, 15) is 18.8 Å². The first kappa shape index (κ1) is 31.0. The first-order chi connectivity index (χ1) is 19.7. The van der Waals surface area contributed by atoms with Crippen LogP contribution in [0, 0.1) is 0 Å². The molecule has 11 heteroatoms. The highest BCUT2D eigenvalue weighted by atomic mass is 19.1. The van der Waals surface area contributed by atoms with Gasteiger partial charge in [0.05, 0.1) is 5.69 Å². The van der Waals surface area contributed by atoms with Crippen LogP contribution in [0.1, 0.15) is 45.6 Å². The topological polar surface area (TPSA) is 124 Å². The van der Waals surface area contributed by atoms with Crippen LogP contribution >= 0.6 is 0 Å². The lowest BCUT2D eigenvalue weighted by atomic mass is 10.0. The monoisotopic (exact) mass is 564 g/mol. The van der Waals surface area contributed by atoms with Gasteiger partial charge in [0.2, 0.25) is 0 Å². The second-order valence-electron chi connectivity index (χ2n) is 9.45. The molecule has 0 aromatic heterocycles. The maximum atomic E-state index is 13.8. The summed E-state index contributed by atoms with van der Waals surface area (Å²) in [5.74, 6) is -0.643. The summed E-state index contributed by atoms with van der Waals surface area (Å²) in [5.41, 5.74) is 3.25. The number of hydrogen-bond donors (Lipinski definition) is 3. The number of carbonyl (C=O) groups excluding carboxylic acids is 3. The molecule has 0 saturated heterocycles. The SMILES string of the molecule is C/C=N\N(C)\C(=C/C(=N/C=C/C)C(=O)NCc1ccc2c(c1)NC(=O)CO2)C(=O)NCCC1=CCCC(F)C=C1C. The van der Waals surface area contributed by atoms with Gasteiger partial charge in [-0.1, -0.05) is 18.2 Å². The Balaban J connectivity index is 1.74. The number of amides is 3. The molecule has 0 saturated carbocycles. The van der Waals surface area contributed by atoms with Crippen molar-refractivity contribution in [2.24, 2.45) is 10.1 Å².